The molecule has 0 aliphatic heterocycles. The highest BCUT2D eigenvalue weighted by Crippen LogP contribution is 2.27. The maximum atomic E-state index is 12.4. The standard InChI is InChI=1S/C20H23NO3/c1-3-14-24-17(2)15-21(23)16-20(22,18-10-6-4-7-11-18)19-12-8-5-9-13-19/h3-13,16-17,22H,1,14-15H2,2H3/b21-16-/t17-/m0/s1. The second-order valence-electron chi connectivity index (χ2n) is 5.66. The molecular weight excluding hydrogens is 302 g/mol. The van der Waals surface area contributed by atoms with Crippen LogP contribution in [0, 0.1) is 5.21 Å². The second kappa shape index (κ2) is 8.43. The summed E-state index contributed by atoms with van der Waals surface area (Å²) >= 11 is 0. The zero-order valence-corrected chi connectivity index (χ0v) is 13.8. The minimum Gasteiger partial charge on any atom is -0.624 e. The Kier molecular flexibility index (Phi) is 6.29. The fraction of sp³-hybridized carbons (Fsp3) is 0.250. The molecule has 2 aromatic carbocycles. The van der Waals surface area contributed by atoms with Crippen molar-refractivity contribution in [3.05, 3.63) is 89.7 Å². The van der Waals surface area contributed by atoms with Crippen LogP contribution in [-0.2, 0) is 10.3 Å². The van der Waals surface area contributed by atoms with E-state index in [1.807, 2.05) is 43.3 Å². The van der Waals surface area contributed by atoms with Crippen molar-refractivity contribution in [1.29, 1.82) is 0 Å². The van der Waals surface area contributed by atoms with Gasteiger partial charge in [0.2, 0.25) is 0 Å². The molecule has 126 valence electrons. The molecule has 0 amide bonds. The van der Waals surface area contributed by atoms with Gasteiger partial charge in [-0.25, -0.2) is 4.74 Å². The fourth-order valence-electron chi connectivity index (χ4n) is 2.50. The van der Waals surface area contributed by atoms with Crippen molar-refractivity contribution < 1.29 is 14.6 Å². The Morgan fingerprint density at radius 1 is 1.12 bits per heavy atom. The molecule has 0 saturated carbocycles. The van der Waals surface area contributed by atoms with Gasteiger partial charge in [0.05, 0.1) is 6.61 Å². The molecule has 0 bridgehead atoms. The van der Waals surface area contributed by atoms with E-state index in [1.54, 1.807) is 30.3 Å². The number of benzene rings is 2. The molecular formula is C20H23NO3. The van der Waals surface area contributed by atoms with Crippen LogP contribution in [0.1, 0.15) is 18.1 Å². The van der Waals surface area contributed by atoms with Crippen LogP contribution in [0.5, 0.6) is 0 Å². The largest absolute Gasteiger partial charge is 0.624 e. The lowest BCUT2D eigenvalue weighted by atomic mass is 9.87. The van der Waals surface area contributed by atoms with E-state index >= 15 is 0 Å². The zero-order chi connectivity index (χ0) is 17.4. The molecule has 0 aliphatic rings. The minimum atomic E-state index is -1.50. The Labute approximate surface area is 142 Å². The van der Waals surface area contributed by atoms with Gasteiger partial charge < -0.3 is 15.1 Å². The highest BCUT2D eigenvalue weighted by atomic mass is 16.5. The van der Waals surface area contributed by atoms with Crippen LogP contribution in [0.15, 0.2) is 73.3 Å². The monoisotopic (exact) mass is 325 g/mol. The predicted molar refractivity (Wildman–Crippen MR) is 96.1 cm³/mol. The van der Waals surface area contributed by atoms with Crippen LogP contribution < -0.4 is 0 Å². The predicted octanol–water partition coefficient (Wildman–Crippen LogP) is 3.09. The lowest BCUT2D eigenvalue weighted by Gasteiger charge is -2.24. The number of hydrogen-bond donors (Lipinski definition) is 1. The summed E-state index contributed by atoms with van der Waals surface area (Å²) < 4.78 is 6.16. The SMILES string of the molecule is C=CCO[C@@H](C)C/[N+]([O-])=C/C(O)(c1ccccc1)c1ccccc1. The maximum absolute atomic E-state index is 12.4. The van der Waals surface area contributed by atoms with Crippen LogP contribution >= 0.6 is 0 Å². The third-order valence-corrected chi connectivity index (χ3v) is 3.69. The Bertz CT molecular complexity index is 628. The molecule has 1 atom stereocenters. The third kappa shape index (κ3) is 4.54. The van der Waals surface area contributed by atoms with E-state index in [-0.39, 0.29) is 12.6 Å². The number of rotatable bonds is 8. The molecule has 0 aliphatic carbocycles. The van der Waals surface area contributed by atoms with Crippen LogP contribution in [0.4, 0.5) is 0 Å². The number of ether oxygens (including phenoxy) is 1. The van der Waals surface area contributed by atoms with Crippen molar-refractivity contribution in [3.8, 4) is 0 Å². The fourth-order valence-corrected chi connectivity index (χ4v) is 2.50. The first kappa shape index (κ1) is 17.9. The summed E-state index contributed by atoms with van der Waals surface area (Å²) in [6.45, 7) is 5.90. The van der Waals surface area contributed by atoms with Crippen LogP contribution in [0.2, 0.25) is 0 Å². The average Bonchev–Trinajstić information content (AvgIpc) is 2.61. The van der Waals surface area contributed by atoms with Gasteiger partial charge in [-0.2, -0.15) is 0 Å². The van der Waals surface area contributed by atoms with E-state index in [0.29, 0.717) is 17.7 Å². The normalized spacial score (nSPS) is 13.5. The lowest BCUT2D eigenvalue weighted by Crippen LogP contribution is -2.35. The van der Waals surface area contributed by atoms with E-state index in [9.17, 15) is 10.3 Å². The molecule has 0 unspecified atom stereocenters. The summed E-state index contributed by atoms with van der Waals surface area (Å²) in [6.07, 6.45) is 2.66. The van der Waals surface area contributed by atoms with Gasteiger partial charge in [-0.05, 0) is 18.1 Å². The highest BCUT2D eigenvalue weighted by Gasteiger charge is 2.33. The van der Waals surface area contributed by atoms with E-state index in [0.717, 1.165) is 4.74 Å². The number of hydrogen-bond acceptors (Lipinski definition) is 3. The lowest BCUT2D eigenvalue weighted by molar-refractivity contribution is -0.468. The third-order valence-electron chi connectivity index (χ3n) is 3.69. The maximum Gasteiger partial charge on any atom is 0.193 e. The number of hydroxylamine groups is 1. The average molecular weight is 325 g/mol. The van der Waals surface area contributed by atoms with Gasteiger partial charge in [0, 0.05) is 0 Å². The first-order valence-corrected chi connectivity index (χ1v) is 7.92. The Hall–Kier alpha value is -2.43. The molecule has 0 spiro atoms. The quantitative estimate of drug-likeness (QED) is 0.267. The van der Waals surface area contributed by atoms with Crippen LogP contribution in [0.3, 0.4) is 0 Å². The molecule has 24 heavy (non-hydrogen) atoms. The van der Waals surface area contributed by atoms with E-state index in [1.165, 1.54) is 6.21 Å². The number of nitrogens with zero attached hydrogens (tertiary/aromatic N) is 1. The van der Waals surface area contributed by atoms with E-state index in [2.05, 4.69) is 6.58 Å². The van der Waals surface area contributed by atoms with Crippen molar-refractivity contribution in [3.63, 3.8) is 0 Å². The van der Waals surface area contributed by atoms with Gasteiger partial charge in [0.25, 0.3) is 0 Å². The van der Waals surface area contributed by atoms with Gasteiger partial charge in [0.15, 0.2) is 18.4 Å². The van der Waals surface area contributed by atoms with Gasteiger partial charge in [-0.15, -0.1) is 6.58 Å². The molecule has 4 nitrogen and oxygen atoms in total. The summed E-state index contributed by atoms with van der Waals surface area (Å²) in [4.78, 5) is 0. The Morgan fingerprint density at radius 3 is 2.08 bits per heavy atom. The first-order valence-electron chi connectivity index (χ1n) is 7.92. The van der Waals surface area contributed by atoms with E-state index < -0.39 is 5.60 Å². The first-order chi connectivity index (χ1) is 11.6. The molecule has 0 heterocycles. The van der Waals surface area contributed by atoms with Crippen LogP contribution in [0.25, 0.3) is 0 Å². The molecule has 0 saturated heterocycles. The van der Waals surface area contributed by atoms with Crippen molar-refractivity contribution in [2.24, 2.45) is 0 Å². The minimum absolute atomic E-state index is 0.121. The topological polar surface area (TPSA) is 55.5 Å². The molecule has 2 aromatic rings. The van der Waals surface area contributed by atoms with Crippen molar-refractivity contribution >= 4 is 6.21 Å². The summed E-state index contributed by atoms with van der Waals surface area (Å²) in [5, 5.41) is 23.6. The summed E-state index contributed by atoms with van der Waals surface area (Å²) in [7, 11) is 0. The Morgan fingerprint density at radius 2 is 1.62 bits per heavy atom. The summed E-state index contributed by atoms with van der Waals surface area (Å²) in [5.74, 6) is 0. The zero-order valence-electron chi connectivity index (χ0n) is 13.8. The highest BCUT2D eigenvalue weighted by molar-refractivity contribution is 5.73. The van der Waals surface area contributed by atoms with Crippen LogP contribution in [-0.4, -0.2) is 35.3 Å². The molecule has 0 aromatic heterocycles. The Balaban J connectivity index is 2.33. The van der Waals surface area contributed by atoms with E-state index in [4.69, 9.17) is 4.74 Å². The second-order valence-corrected chi connectivity index (χ2v) is 5.66. The van der Waals surface area contributed by atoms with Crippen molar-refractivity contribution in [2.75, 3.05) is 13.2 Å². The van der Waals surface area contributed by atoms with Gasteiger partial charge in [-0.1, -0.05) is 66.7 Å². The molecule has 0 fully saturated rings. The molecule has 4 heteroatoms. The smallest absolute Gasteiger partial charge is 0.193 e. The molecule has 0 radical (unpaired) electrons. The summed E-state index contributed by atoms with van der Waals surface area (Å²) in [6, 6.07) is 18.3. The summed E-state index contributed by atoms with van der Waals surface area (Å²) in [5.41, 5.74) is -0.226. The van der Waals surface area contributed by atoms with Gasteiger partial charge >= 0.3 is 0 Å². The van der Waals surface area contributed by atoms with Gasteiger partial charge in [0.1, 0.15) is 6.10 Å². The number of aliphatic hydroxyl groups is 1. The van der Waals surface area contributed by atoms with Crippen molar-refractivity contribution in [2.45, 2.75) is 18.6 Å². The van der Waals surface area contributed by atoms with Gasteiger partial charge in [-0.3, -0.25) is 0 Å². The van der Waals surface area contributed by atoms with Crippen molar-refractivity contribution in [1.82, 2.24) is 0 Å². The molecule has 1 N–H and O–H groups in total. The molecule has 2 rings (SSSR count).